The molecule has 1 amide bonds. The molecule has 1 saturated heterocycles. The maximum atomic E-state index is 12.5. The van der Waals surface area contributed by atoms with Crippen LogP contribution in [0.15, 0.2) is 24.3 Å². The third-order valence-electron chi connectivity index (χ3n) is 3.28. The zero-order chi connectivity index (χ0) is 13.8. The van der Waals surface area contributed by atoms with Gasteiger partial charge in [-0.25, -0.2) is 0 Å². The molecule has 1 aromatic rings. The highest BCUT2D eigenvalue weighted by molar-refractivity contribution is 6.18. The summed E-state index contributed by atoms with van der Waals surface area (Å²) in [7, 11) is 3.92. The highest BCUT2D eigenvalue weighted by Crippen LogP contribution is 2.18. The van der Waals surface area contributed by atoms with Crippen LogP contribution in [0, 0.1) is 0 Å². The Hall–Kier alpha value is -1.26. The van der Waals surface area contributed by atoms with Gasteiger partial charge in [-0.1, -0.05) is 6.07 Å². The van der Waals surface area contributed by atoms with Crippen molar-refractivity contribution in [2.24, 2.45) is 0 Å². The van der Waals surface area contributed by atoms with E-state index in [0.29, 0.717) is 31.2 Å². The Kier molecular flexibility index (Phi) is 4.66. The number of hydrogen-bond acceptors (Lipinski definition) is 3. The maximum absolute atomic E-state index is 12.5. The number of hydrogen-bond donors (Lipinski definition) is 0. The number of anilines is 1. The lowest BCUT2D eigenvalue weighted by molar-refractivity contribution is 0.00456. The topological polar surface area (TPSA) is 32.8 Å². The number of nitrogens with zero attached hydrogens (tertiary/aromatic N) is 2. The first-order valence-electron chi connectivity index (χ1n) is 6.35. The molecule has 1 heterocycles. The Morgan fingerprint density at radius 3 is 3.00 bits per heavy atom. The summed E-state index contributed by atoms with van der Waals surface area (Å²) in [5.74, 6) is 0.427. The Morgan fingerprint density at radius 1 is 1.53 bits per heavy atom. The summed E-state index contributed by atoms with van der Waals surface area (Å²) >= 11 is 5.91. The van der Waals surface area contributed by atoms with Crippen molar-refractivity contribution in [1.82, 2.24) is 4.90 Å². The molecule has 0 N–H and O–H groups in total. The fraction of sp³-hybridized carbons (Fsp3) is 0.500. The molecule has 0 bridgehead atoms. The van der Waals surface area contributed by atoms with Gasteiger partial charge in [0.2, 0.25) is 0 Å². The first kappa shape index (κ1) is 14.2. The molecule has 1 atom stereocenters. The van der Waals surface area contributed by atoms with Crippen molar-refractivity contribution in [1.29, 1.82) is 0 Å². The minimum atomic E-state index is -0.0362. The molecule has 1 fully saturated rings. The summed E-state index contributed by atoms with van der Waals surface area (Å²) in [5, 5.41) is 0. The minimum Gasteiger partial charge on any atom is -0.378 e. The quantitative estimate of drug-likeness (QED) is 0.793. The van der Waals surface area contributed by atoms with Crippen LogP contribution in [0.5, 0.6) is 0 Å². The Balaban J connectivity index is 2.20. The van der Waals surface area contributed by atoms with Crippen LogP contribution in [-0.4, -0.2) is 56.6 Å². The molecule has 0 saturated carbocycles. The van der Waals surface area contributed by atoms with Gasteiger partial charge in [0.05, 0.1) is 19.3 Å². The number of alkyl halides is 1. The smallest absolute Gasteiger partial charge is 0.254 e. The van der Waals surface area contributed by atoms with Crippen molar-refractivity contribution in [3.63, 3.8) is 0 Å². The fourth-order valence-corrected chi connectivity index (χ4v) is 2.39. The predicted molar refractivity (Wildman–Crippen MR) is 77.1 cm³/mol. The molecule has 19 heavy (non-hydrogen) atoms. The van der Waals surface area contributed by atoms with Crippen molar-refractivity contribution >= 4 is 23.2 Å². The van der Waals surface area contributed by atoms with Gasteiger partial charge in [-0.05, 0) is 18.2 Å². The van der Waals surface area contributed by atoms with Gasteiger partial charge in [0.15, 0.2) is 0 Å². The van der Waals surface area contributed by atoms with Crippen LogP contribution >= 0.6 is 11.6 Å². The van der Waals surface area contributed by atoms with Crippen molar-refractivity contribution in [3.8, 4) is 0 Å². The highest BCUT2D eigenvalue weighted by Gasteiger charge is 2.27. The lowest BCUT2D eigenvalue weighted by atomic mass is 10.1. The third-order valence-corrected chi connectivity index (χ3v) is 3.63. The van der Waals surface area contributed by atoms with E-state index in [1.165, 1.54) is 0 Å². The fourth-order valence-electron chi connectivity index (χ4n) is 2.13. The molecule has 0 aromatic heterocycles. The van der Waals surface area contributed by atoms with E-state index in [2.05, 4.69) is 0 Å². The molecule has 4 nitrogen and oxygen atoms in total. The van der Waals surface area contributed by atoms with Crippen LogP contribution in [0.4, 0.5) is 5.69 Å². The highest BCUT2D eigenvalue weighted by atomic mass is 35.5. The van der Waals surface area contributed by atoms with Crippen molar-refractivity contribution in [3.05, 3.63) is 29.8 Å². The second kappa shape index (κ2) is 6.26. The molecule has 1 aliphatic heterocycles. The van der Waals surface area contributed by atoms with Crippen molar-refractivity contribution in [2.75, 3.05) is 44.6 Å². The van der Waals surface area contributed by atoms with Crippen LogP contribution in [0.3, 0.4) is 0 Å². The lowest BCUT2D eigenvalue weighted by Gasteiger charge is -2.34. The van der Waals surface area contributed by atoms with Crippen LogP contribution in [-0.2, 0) is 4.74 Å². The third kappa shape index (κ3) is 3.19. The van der Waals surface area contributed by atoms with E-state index < -0.39 is 0 Å². The Morgan fingerprint density at radius 2 is 2.32 bits per heavy atom. The molecule has 2 rings (SSSR count). The summed E-state index contributed by atoms with van der Waals surface area (Å²) in [4.78, 5) is 16.3. The first-order chi connectivity index (χ1) is 9.13. The summed E-state index contributed by atoms with van der Waals surface area (Å²) in [6, 6.07) is 7.60. The molecule has 104 valence electrons. The monoisotopic (exact) mass is 282 g/mol. The first-order valence-corrected chi connectivity index (χ1v) is 6.89. The van der Waals surface area contributed by atoms with E-state index in [9.17, 15) is 4.79 Å². The molecular formula is C14H19ClN2O2. The average molecular weight is 283 g/mol. The predicted octanol–water partition coefficient (Wildman–Crippen LogP) is 1.83. The SMILES string of the molecule is CN(C)c1cccc(C(=O)N2CCOCC2CCl)c1. The largest absolute Gasteiger partial charge is 0.378 e. The molecule has 5 heteroatoms. The van der Waals surface area contributed by atoms with Crippen LogP contribution in [0.25, 0.3) is 0 Å². The molecule has 1 aromatic carbocycles. The number of carbonyl (C=O) groups excluding carboxylic acids is 1. The van der Waals surface area contributed by atoms with E-state index in [4.69, 9.17) is 16.3 Å². The van der Waals surface area contributed by atoms with Gasteiger partial charge in [0, 0.05) is 37.8 Å². The second-order valence-corrected chi connectivity index (χ2v) is 5.13. The van der Waals surface area contributed by atoms with Gasteiger partial charge in [0.1, 0.15) is 0 Å². The van der Waals surface area contributed by atoms with E-state index in [-0.39, 0.29) is 11.9 Å². The minimum absolute atomic E-state index is 0.0256. The summed E-state index contributed by atoms with van der Waals surface area (Å²) in [5.41, 5.74) is 1.71. The molecule has 1 aliphatic rings. The number of ether oxygens (including phenoxy) is 1. The van der Waals surface area contributed by atoms with Crippen molar-refractivity contribution in [2.45, 2.75) is 6.04 Å². The van der Waals surface area contributed by atoms with Gasteiger partial charge in [0.25, 0.3) is 5.91 Å². The maximum Gasteiger partial charge on any atom is 0.254 e. The standard InChI is InChI=1S/C14H19ClN2O2/c1-16(2)12-5-3-4-11(8-12)14(18)17-6-7-19-10-13(17)9-15/h3-5,8,13H,6-7,9-10H2,1-2H3. The van der Waals surface area contributed by atoms with Gasteiger partial charge < -0.3 is 14.5 Å². The summed E-state index contributed by atoms with van der Waals surface area (Å²) in [6.07, 6.45) is 0. The van der Waals surface area contributed by atoms with Crippen LogP contribution < -0.4 is 4.90 Å². The van der Waals surface area contributed by atoms with E-state index in [1.807, 2.05) is 48.2 Å². The van der Waals surface area contributed by atoms with Gasteiger partial charge >= 0.3 is 0 Å². The average Bonchev–Trinajstić information content (AvgIpc) is 2.46. The number of halogens is 1. The van der Waals surface area contributed by atoms with Crippen molar-refractivity contribution < 1.29 is 9.53 Å². The molecule has 0 radical (unpaired) electrons. The zero-order valence-electron chi connectivity index (χ0n) is 11.3. The van der Waals surface area contributed by atoms with Crippen LogP contribution in [0.2, 0.25) is 0 Å². The Bertz CT molecular complexity index is 451. The van der Waals surface area contributed by atoms with Gasteiger partial charge in [-0.3, -0.25) is 4.79 Å². The number of amides is 1. The van der Waals surface area contributed by atoms with Crippen LogP contribution in [0.1, 0.15) is 10.4 Å². The summed E-state index contributed by atoms with van der Waals surface area (Å²) in [6.45, 7) is 1.69. The van der Waals surface area contributed by atoms with Gasteiger partial charge in [-0.2, -0.15) is 0 Å². The molecule has 1 unspecified atom stereocenters. The molecular weight excluding hydrogens is 264 g/mol. The Labute approximate surface area is 118 Å². The second-order valence-electron chi connectivity index (χ2n) is 4.83. The number of carbonyl (C=O) groups is 1. The number of morpholine rings is 1. The lowest BCUT2D eigenvalue weighted by Crippen LogP contribution is -2.49. The van der Waals surface area contributed by atoms with Gasteiger partial charge in [-0.15, -0.1) is 11.6 Å². The molecule has 0 spiro atoms. The van der Waals surface area contributed by atoms with E-state index in [1.54, 1.807) is 0 Å². The summed E-state index contributed by atoms with van der Waals surface area (Å²) < 4.78 is 5.36. The number of benzene rings is 1. The normalized spacial score (nSPS) is 19.3. The van der Waals surface area contributed by atoms with E-state index >= 15 is 0 Å². The zero-order valence-corrected chi connectivity index (χ0v) is 12.1. The van der Waals surface area contributed by atoms with E-state index in [0.717, 1.165) is 5.69 Å². The number of rotatable bonds is 3. The molecule has 0 aliphatic carbocycles.